The SMILES string of the molecule is CCCCC(CC)CSC(C)OB(OC(C)S)OC(C)S. The molecule has 0 rings (SSSR count). The van der Waals surface area contributed by atoms with Crippen molar-refractivity contribution in [3.8, 4) is 0 Å². The van der Waals surface area contributed by atoms with Crippen molar-refractivity contribution >= 4 is 44.3 Å². The highest BCUT2D eigenvalue weighted by molar-refractivity contribution is 7.99. The van der Waals surface area contributed by atoms with Gasteiger partial charge in [-0.3, -0.25) is 0 Å². The van der Waals surface area contributed by atoms with Crippen LogP contribution in [0.5, 0.6) is 0 Å². The summed E-state index contributed by atoms with van der Waals surface area (Å²) in [5.74, 6) is 1.87. The summed E-state index contributed by atoms with van der Waals surface area (Å²) in [6.07, 6.45) is 5.08. The molecule has 3 nitrogen and oxygen atoms in total. The van der Waals surface area contributed by atoms with Crippen LogP contribution in [-0.4, -0.2) is 29.4 Å². The quantitative estimate of drug-likeness (QED) is 0.280. The lowest BCUT2D eigenvalue weighted by Gasteiger charge is -2.23. The van der Waals surface area contributed by atoms with Crippen molar-refractivity contribution in [2.75, 3.05) is 5.75 Å². The van der Waals surface area contributed by atoms with E-state index >= 15 is 0 Å². The molecule has 0 bridgehead atoms. The predicted octanol–water partition coefficient (Wildman–Crippen LogP) is 4.87. The highest BCUT2D eigenvalue weighted by Crippen LogP contribution is 2.23. The summed E-state index contributed by atoms with van der Waals surface area (Å²) in [7, 11) is -0.719. The van der Waals surface area contributed by atoms with Crippen LogP contribution in [0.15, 0.2) is 0 Å². The molecule has 0 saturated heterocycles. The molecule has 7 heteroatoms. The van der Waals surface area contributed by atoms with Gasteiger partial charge in [0.1, 0.15) is 0 Å². The van der Waals surface area contributed by atoms with Gasteiger partial charge in [0.15, 0.2) is 0 Å². The fraction of sp³-hybridized carbons (Fsp3) is 1.00. The van der Waals surface area contributed by atoms with Crippen molar-refractivity contribution in [3.05, 3.63) is 0 Å². The molecule has 0 aromatic heterocycles. The molecule has 0 saturated carbocycles. The van der Waals surface area contributed by atoms with Gasteiger partial charge in [0.05, 0.1) is 16.3 Å². The lowest BCUT2D eigenvalue weighted by atomic mass is 10.0. The normalized spacial score (nSPS) is 17.3. The zero-order chi connectivity index (χ0) is 16.3. The number of rotatable bonds is 13. The van der Waals surface area contributed by atoms with E-state index in [1.807, 2.05) is 32.5 Å². The molecular weight excluding hydrogens is 323 g/mol. The zero-order valence-electron chi connectivity index (χ0n) is 13.9. The van der Waals surface area contributed by atoms with Crippen molar-refractivity contribution in [1.82, 2.24) is 0 Å². The summed E-state index contributed by atoms with van der Waals surface area (Å²) < 4.78 is 16.8. The molecule has 21 heavy (non-hydrogen) atoms. The van der Waals surface area contributed by atoms with Crippen LogP contribution in [0.1, 0.15) is 60.3 Å². The van der Waals surface area contributed by atoms with Crippen molar-refractivity contribution in [2.45, 2.75) is 76.6 Å². The van der Waals surface area contributed by atoms with Gasteiger partial charge in [-0.25, -0.2) is 0 Å². The van der Waals surface area contributed by atoms with Gasteiger partial charge in [-0.2, -0.15) is 0 Å². The maximum atomic E-state index is 5.79. The first-order valence-corrected chi connectivity index (χ1v) is 9.91. The summed E-state index contributed by atoms with van der Waals surface area (Å²) >= 11 is 10.2. The van der Waals surface area contributed by atoms with E-state index in [2.05, 4.69) is 39.1 Å². The molecule has 0 aromatic rings. The summed E-state index contributed by atoms with van der Waals surface area (Å²) in [4.78, 5) is 0. The topological polar surface area (TPSA) is 27.7 Å². The smallest absolute Gasteiger partial charge is 0.374 e. The Kier molecular flexibility index (Phi) is 14.1. The second kappa shape index (κ2) is 13.4. The van der Waals surface area contributed by atoms with Gasteiger partial charge < -0.3 is 14.0 Å². The third-order valence-corrected chi connectivity index (χ3v) is 4.52. The molecule has 0 aliphatic carbocycles. The number of thioether (sulfide) groups is 1. The Balaban J connectivity index is 4.13. The molecule has 4 atom stereocenters. The molecular formula is C14H31BO3S3. The standard InChI is InChI=1S/C14H31BO3S3/c1-6-8-9-14(7-2)10-21-13(5)18-15(16-11(3)19)17-12(4)20/h11-14,19-20H,6-10H2,1-5H3. The maximum absolute atomic E-state index is 5.79. The Bertz CT molecular complexity index is 236. The molecule has 0 N–H and O–H groups in total. The Morgan fingerprint density at radius 2 is 1.57 bits per heavy atom. The summed E-state index contributed by atoms with van der Waals surface area (Å²) in [6, 6.07) is 0. The molecule has 0 radical (unpaired) electrons. The lowest BCUT2D eigenvalue weighted by molar-refractivity contribution is 0.0818. The molecule has 0 spiro atoms. The first kappa shape index (κ1) is 22.0. The highest BCUT2D eigenvalue weighted by Gasteiger charge is 2.27. The Morgan fingerprint density at radius 3 is 2.00 bits per heavy atom. The Morgan fingerprint density at radius 1 is 1.00 bits per heavy atom. The number of thiol groups is 2. The van der Waals surface area contributed by atoms with E-state index in [4.69, 9.17) is 14.0 Å². The third-order valence-electron chi connectivity index (χ3n) is 3.03. The lowest BCUT2D eigenvalue weighted by Crippen LogP contribution is -2.34. The molecule has 0 amide bonds. The van der Waals surface area contributed by atoms with E-state index in [1.54, 1.807) is 0 Å². The van der Waals surface area contributed by atoms with Gasteiger partial charge in [-0.1, -0.05) is 33.1 Å². The van der Waals surface area contributed by atoms with Crippen LogP contribution in [0.4, 0.5) is 0 Å². The second-order valence-corrected chi connectivity index (χ2v) is 8.00. The van der Waals surface area contributed by atoms with Crippen LogP contribution < -0.4 is 0 Å². The first-order valence-electron chi connectivity index (χ1n) is 7.83. The molecule has 0 aromatic carbocycles. The van der Waals surface area contributed by atoms with E-state index < -0.39 is 7.32 Å². The van der Waals surface area contributed by atoms with Crippen LogP contribution in [0, 0.1) is 5.92 Å². The van der Waals surface area contributed by atoms with Crippen LogP contribution in [0.2, 0.25) is 0 Å². The van der Waals surface area contributed by atoms with E-state index in [0.29, 0.717) is 0 Å². The number of hydrogen-bond acceptors (Lipinski definition) is 6. The minimum atomic E-state index is -0.719. The minimum absolute atomic E-state index is 0.0184. The van der Waals surface area contributed by atoms with Gasteiger partial charge in [-0.15, -0.1) is 37.0 Å². The van der Waals surface area contributed by atoms with E-state index in [1.165, 1.54) is 25.7 Å². The fourth-order valence-electron chi connectivity index (χ4n) is 1.78. The van der Waals surface area contributed by atoms with Gasteiger partial charge >= 0.3 is 7.32 Å². The molecule has 0 aliphatic rings. The van der Waals surface area contributed by atoms with Crippen molar-refractivity contribution in [1.29, 1.82) is 0 Å². The van der Waals surface area contributed by atoms with Crippen molar-refractivity contribution in [3.63, 3.8) is 0 Å². The monoisotopic (exact) mass is 354 g/mol. The van der Waals surface area contributed by atoms with Crippen LogP contribution in [0.25, 0.3) is 0 Å². The first-order chi connectivity index (χ1) is 9.88. The van der Waals surface area contributed by atoms with Crippen LogP contribution in [0.3, 0.4) is 0 Å². The number of hydrogen-bond donors (Lipinski definition) is 2. The third kappa shape index (κ3) is 13.2. The maximum Gasteiger partial charge on any atom is 0.641 e. The average Bonchev–Trinajstić information content (AvgIpc) is 2.37. The average molecular weight is 354 g/mol. The molecule has 0 aliphatic heterocycles. The van der Waals surface area contributed by atoms with Crippen molar-refractivity contribution in [2.24, 2.45) is 5.92 Å². The second-order valence-electron chi connectivity index (χ2n) is 5.21. The Labute approximate surface area is 146 Å². The fourth-order valence-corrected chi connectivity index (χ4v) is 3.10. The molecule has 0 heterocycles. The van der Waals surface area contributed by atoms with Crippen LogP contribution in [-0.2, 0) is 14.0 Å². The van der Waals surface area contributed by atoms with Gasteiger partial charge in [0.2, 0.25) is 0 Å². The summed E-state index contributed by atoms with van der Waals surface area (Å²) in [6.45, 7) is 10.2. The molecule has 126 valence electrons. The largest absolute Gasteiger partial charge is 0.641 e. The van der Waals surface area contributed by atoms with Crippen LogP contribution >= 0.6 is 37.0 Å². The summed E-state index contributed by atoms with van der Waals surface area (Å²) in [5.41, 5.74) is -0.468. The summed E-state index contributed by atoms with van der Waals surface area (Å²) in [5, 5.41) is 0. The Hall–Kier alpha value is 0.995. The molecule has 4 unspecified atom stereocenters. The van der Waals surface area contributed by atoms with E-state index in [0.717, 1.165) is 11.7 Å². The highest BCUT2D eigenvalue weighted by atomic mass is 32.2. The number of unbranched alkanes of at least 4 members (excludes halogenated alkanes) is 1. The van der Waals surface area contributed by atoms with Crippen molar-refractivity contribution < 1.29 is 14.0 Å². The molecule has 0 fully saturated rings. The van der Waals surface area contributed by atoms with Gasteiger partial charge in [-0.05, 0) is 38.9 Å². The van der Waals surface area contributed by atoms with Gasteiger partial charge in [0.25, 0.3) is 0 Å². The minimum Gasteiger partial charge on any atom is -0.374 e. The van der Waals surface area contributed by atoms with E-state index in [9.17, 15) is 0 Å². The van der Waals surface area contributed by atoms with Gasteiger partial charge in [0, 0.05) is 0 Å². The van der Waals surface area contributed by atoms with E-state index in [-0.39, 0.29) is 16.3 Å². The predicted molar refractivity (Wildman–Crippen MR) is 101 cm³/mol. The zero-order valence-corrected chi connectivity index (χ0v) is 16.6.